The van der Waals surface area contributed by atoms with Crippen LogP contribution >= 0.6 is 0 Å². The minimum atomic E-state index is 0.594. The predicted octanol–water partition coefficient (Wildman–Crippen LogP) is 6.88. The van der Waals surface area contributed by atoms with Crippen LogP contribution in [0, 0.1) is 12.3 Å². The molecule has 0 unspecified atom stereocenters. The average Bonchev–Trinajstić information content (AvgIpc) is 2.50. The molecule has 0 nitrogen and oxygen atoms in total. The third-order valence-electron chi connectivity index (χ3n) is 6.15. The maximum Gasteiger partial charge on any atom is -0.0119 e. The molecular formula is C24H28. The van der Waals surface area contributed by atoms with Crippen LogP contribution in [0.25, 0.3) is 5.57 Å². The van der Waals surface area contributed by atoms with Gasteiger partial charge in [0.1, 0.15) is 0 Å². The molecule has 4 rings (SSSR count). The monoisotopic (exact) mass is 316 g/mol. The highest BCUT2D eigenvalue weighted by molar-refractivity contribution is 5.83. The van der Waals surface area contributed by atoms with Crippen LogP contribution in [0.15, 0.2) is 54.1 Å². The van der Waals surface area contributed by atoms with Gasteiger partial charge in [-0.15, -0.1) is 0 Å². The van der Waals surface area contributed by atoms with Gasteiger partial charge in [-0.2, -0.15) is 0 Å². The fourth-order valence-corrected chi connectivity index (χ4v) is 4.39. The molecule has 2 saturated carbocycles. The van der Waals surface area contributed by atoms with Gasteiger partial charge < -0.3 is 0 Å². The summed E-state index contributed by atoms with van der Waals surface area (Å²) in [6, 6.07) is 18.4. The van der Waals surface area contributed by atoms with Crippen LogP contribution in [0.5, 0.6) is 0 Å². The zero-order valence-electron chi connectivity index (χ0n) is 15.2. The first-order valence-corrected chi connectivity index (χ1v) is 9.46. The molecule has 0 N–H and O–H groups in total. The summed E-state index contributed by atoms with van der Waals surface area (Å²) in [5.74, 6) is 0.594. The Kier molecular flexibility index (Phi) is 3.87. The van der Waals surface area contributed by atoms with E-state index in [0.29, 0.717) is 11.3 Å². The Hall–Kier alpha value is -1.82. The van der Waals surface area contributed by atoms with Gasteiger partial charge in [-0.3, -0.25) is 0 Å². The van der Waals surface area contributed by atoms with E-state index in [9.17, 15) is 0 Å². The predicted molar refractivity (Wildman–Crippen MR) is 103 cm³/mol. The molecule has 2 aliphatic rings. The first kappa shape index (κ1) is 15.7. The molecule has 2 aromatic carbocycles. The van der Waals surface area contributed by atoms with Gasteiger partial charge in [0, 0.05) is 0 Å². The Labute approximate surface area is 146 Å². The highest BCUT2D eigenvalue weighted by Crippen LogP contribution is 2.60. The van der Waals surface area contributed by atoms with Crippen LogP contribution < -0.4 is 0 Å². The summed E-state index contributed by atoms with van der Waals surface area (Å²) in [5.41, 5.74) is 9.41. The second kappa shape index (κ2) is 5.92. The fourth-order valence-electron chi connectivity index (χ4n) is 4.39. The third-order valence-corrected chi connectivity index (χ3v) is 6.15. The molecule has 1 spiro atoms. The van der Waals surface area contributed by atoms with Crippen molar-refractivity contribution in [1.82, 2.24) is 0 Å². The Balaban J connectivity index is 1.73. The second-order valence-corrected chi connectivity index (χ2v) is 8.33. The number of benzene rings is 2. The first-order chi connectivity index (χ1) is 11.6. The summed E-state index contributed by atoms with van der Waals surface area (Å²) in [5, 5.41) is 0. The van der Waals surface area contributed by atoms with E-state index in [1.807, 2.05) is 0 Å². The van der Waals surface area contributed by atoms with Gasteiger partial charge in [-0.25, -0.2) is 0 Å². The molecule has 0 bridgehead atoms. The zero-order valence-corrected chi connectivity index (χ0v) is 15.2. The number of rotatable bonds is 3. The van der Waals surface area contributed by atoms with Gasteiger partial charge >= 0.3 is 0 Å². The van der Waals surface area contributed by atoms with Crippen LogP contribution in [0.3, 0.4) is 0 Å². The summed E-state index contributed by atoms with van der Waals surface area (Å²) in [6.07, 6.45) is 6.98. The largest absolute Gasteiger partial charge is 0.0606 e. The quantitative estimate of drug-likeness (QED) is 0.578. The van der Waals surface area contributed by atoms with Gasteiger partial charge in [0.2, 0.25) is 0 Å². The molecule has 124 valence electrons. The Morgan fingerprint density at radius 2 is 1.38 bits per heavy atom. The lowest BCUT2D eigenvalue weighted by molar-refractivity contribution is 0.0814. The topological polar surface area (TPSA) is 0 Å². The van der Waals surface area contributed by atoms with E-state index in [4.69, 9.17) is 0 Å². The van der Waals surface area contributed by atoms with Gasteiger partial charge in [-0.1, -0.05) is 79.9 Å². The summed E-state index contributed by atoms with van der Waals surface area (Å²) in [7, 11) is 0. The lowest BCUT2D eigenvalue weighted by Gasteiger charge is -2.52. The summed E-state index contributed by atoms with van der Waals surface area (Å²) < 4.78 is 0. The highest BCUT2D eigenvalue weighted by Gasteiger charge is 2.46. The van der Waals surface area contributed by atoms with Crippen LogP contribution in [0.4, 0.5) is 0 Å². The van der Waals surface area contributed by atoms with Crippen LogP contribution in [-0.4, -0.2) is 0 Å². The van der Waals surface area contributed by atoms with Gasteiger partial charge in [0.15, 0.2) is 0 Å². The van der Waals surface area contributed by atoms with E-state index >= 15 is 0 Å². The van der Waals surface area contributed by atoms with Gasteiger partial charge in [0.25, 0.3) is 0 Å². The van der Waals surface area contributed by atoms with Crippen LogP contribution in [0.1, 0.15) is 74.1 Å². The number of aryl methyl sites for hydroxylation is 1. The molecule has 0 aliphatic heterocycles. The molecule has 2 fully saturated rings. The molecule has 0 amide bonds. The molecule has 2 aliphatic carbocycles. The molecule has 0 aromatic heterocycles. The second-order valence-electron chi connectivity index (χ2n) is 8.33. The molecule has 0 heteroatoms. The maximum atomic E-state index is 2.34. The average molecular weight is 316 g/mol. The van der Waals surface area contributed by atoms with Crippen molar-refractivity contribution in [3.05, 3.63) is 76.4 Å². The molecule has 2 aromatic rings. The normalized spacial score (nSPS) is 18.4. The molecule has 24 heavy (non-hydrogen) atoms. The minimum Gasteiger partial charge on any atom is -0.0606 e. The Bertz CT molecular complexity index is 743. The molecule has 0 saturated heterocycles. The summed E-state index contributed by atoms with van der Waals surface area (Å²) in [6.45, 7) is 6.70. The van der Waals surface area contributed by atoms with E-state index in [1.165, 1.54) is 59.9 Å². The van der Waals surface area contributed by atoms with Crippen molar-refractivity contribution in [2.45, 2.75) is 58.8 Å². The van der Waals surface area contributed by atoms with E-state index in [-0.39, 0.29) is 0 Å². The fraction of sp³-hybridized carbons (Fsp3) is 0.417. The van der Waals surface area contributed by atoms with E-state index < -0.39 is 0 Å². The molecular weight excluding hydrogens is 288 g/mol. The number of allylic oxidation sites excluding steroid dienone is 1. The zero-order chi connectivity index (χ0) is 16.7. The van der Waals surface area contributed by atoms with Crippen molar-refractivity contribution in [2.75, 3.05) is 0 Å². The van der Waals surface area contributed by atoms with Crippen molar-refractivity contribution in [3.8, 4) is 0 Å². The van der Waals surface area contributed by atoms with Crippen molar-refractivity contribution in [1.29, 1.82) is 0 Å². The lowest BCUT2D eigenvalue weighted by atomic mass is 9.53. The third kappa shape index (κ3) is 2.73. The number of hydrogen-bond acceptors (Lipinski definition) is 0. The summed E-state index contributed by atoms with van der Waals surface area (Å²) in [4.78, 5) is 0. The lowest BCUT2D eigenvalue weighted by Crippen LogP contribution is -2.38. The van der Waals surface area contributed by atoms with E-state index in [0.717, 1.165) is 0 Å². The SMILES string of the molecule is Cc1ccc(C(=C2CC3(CCC3)C2)c2ccc(C(C)C)cc2)cc1. The standard InChI is InChI=1S/C24H28/c1-17(2)19-9-11-21(12-10-19)23(20-7-5-18(3)6-8-20)22-15-24(16-22)13-4-14-24/h5-12,17H,4,13-16H2,1-3H3. The van der Waals surface area contributed by atoms with Crippen LogP contribution in [-0.2, 0) is 0 Å². The molecule has 0 atom stereocenters. The van der Waals surface area contributed by atoms with Gasteiger partial charge in [0.05, 0.1) is 0 Å². The molecule has 0 radical (unpaired) electrons. The Morgan fingerprint density at radius 3 is 1.83 bits per heavy atom. The molecule has 0 heterocycles. The van der Waals surface area contributed by atoms with Crippen molar-refractivity contribution < 1.29 is 0 Å². The minimum absolute atomic E-state index is 0.594. The van der Waals surface area contributed by atoms with E-state index in [2.05, 4.69) is 69.3 Å². The smallest absolute Gasteiger partial charge is 0.0119 e. The van der Waals surface area contributed by atoms with Crippen molar-refractivity contribution >= 4 is 5.57 Å². The van der Waals surface area contributed by atoms with E-state index in [1.54, 1.807) is 5.57 Å². The van der Waals surface area contributed by atoms with Gasteiger partial charge in [-0.05, 0) is 66.2 Å². The van der Waals surface area contributed by atoms with Crippen LogP contribution in [0.2, 0.25) is 0 Å². The van der Waals surface area contributed by atoms with Crippen molar-refractivity contribution in [2.24, 2.45) is 5.41 Å². The van der Waals surface area contributed by atoms with Crippen molar-refractivity contribution in [3.63, 3.8) is 0 Å². The first-order valence-electron chi connectivity index (χ1n) is 9.46. The highest BCUT2D eigenvalue weighted by atomic mass is 14.5. The number of hydrogen-bond donors (Lipinski definition) is 0. The summed E-state index contributed by atoms with van der Waals surface area (Å²) >= 11 is 0. The maximum absolute atomic E-state index is 2.34. The Morgan fingerprint density at radius 1 is 0.833 bits per heavy atom.